The smallest absolute Gasteiger partial charge is 0.406 e. The van der Waals surface area contributed by atoms with Gasteiger partial charge in [-0.1, -0.05) is 29.3 Å². The quantitative estimate of drug-likeness (QED) is 0.713. The van der Waals surface area contributed by atoms with Crippen molar-refractivity contribution in [2.45, 2.75) is 25.7 Å². The monoisotopic (exact) mass is 408 g/mol. The first kappa shape index (κ1) is 20.6. The summed E-state index contributed by atoms with van der Waals surface area (Å²) in [6.45, 7) is -0.145. The third-order valence-electron chi connectivity index (χ3n) is 3.64. The van der Waals surface area contributed by atoms with E-state index >= 15 is 0 Å². The first-order valence-electron chi connectivity index (χ1n) is 7.71. The van der Waals surface area contributed by atoms with Crippen LogP contribution in [0.3, 0.4) is 0 Å². The van der Waals surface area contributed by atoms with Crippen LogP contribution in [-0.2, 0) is 11.3 Å². The van der Waals surface area contributed by atoms with E-state index in [0.717, 1.165) is 0 Å². The molecule has 0 fully saturated rings. The number of nitrogens with one attached hydrogen (secondary N) is 1. The zero-order chi connectivity index (χ0) is 19.3. The average molecular weight is 409 g/mol. The summed E-state index contributed by atoms with van der Waals surface area (Å²) in [6, 6.07) is 7.62. The molecule has 1 amide bonds. The summed E-state index contributed by atoms with van der Waals surface area (Å²) >= 11 is 11.9. The highest BCUT2D eigenvalue weighted by atomic mass is 35.5. The van der Waals surface area contributed by atoms with Crippen LogP contribution in [0.5, 0.6) is 0 Å². The van der Waals surface area contributed by atoms with Gasteiger partial charge in [0.2, 0.25) is 5.91 Å². The first-order valence-corrected chi connectivity index (χ1v) is 8.46. The second kappa shape index (κ2) is 8.79. The lowest BCUT2D eigenvalue weighted by Gasteiger charge is -2.24. The molecule has 0 saturated heterocycles. The summed E-state index contributed by atoms with van der Waals surface area (Å²) < 4.78 is 43.4. The van der Waals surface area contributed by atoms with E-state index in [0.29, 0.717) is 20.5 Å². The van der Waals surface area contributed by atoms with Gasteiger partial charge in [0, 0.05) is 16.1 Å². The van der Waals surface area contributed by atoms with E-state index in [1.165, 1.54) is 12.3 Å². The highest BCUT2D eigenvalue weighted by Gasteiger charge is 2.33. The second-order valence-electron chi connectivity index (χ2n) is 5.71. The molecule has 0 unspecified atom stereocenters. The Morgan fingerprint density at radius 2 is 2.04 bits per heavy atom. The zero-order valence-corrected chi connectivity index (χ0v) is 15.3. The number of benzene rings is 1. The molecule has 9 heteroatoms. The fourth-order valence-corrected chi connectivity index (χ4v) is 2.93. The summed E-state index contributed by atoms with van der Waals surface area (Å²) in [5.74, 6) is -0.424. The van der Waals surface area contributed by atoms with Crippen molar-refractivity contribution in [3.63, 3.8) is 0 Å². The Kier molecular flexibility index (Phi) is 6.97. The van der Waals surface area contributed by atoms with Crippen LogP contribution in [0.25, 0.3) is 0 Å². The number of nitrogens with zero attached hydrogens (tertiary/aromatic N) is 1. The summed E-state index contributed by atoms with van der Waals surface area (Å²) in [5, 5.41) is 3.77. The van der Waals surface area contributed by atoms with E-state index in [4.69, 9.17) is 27.6 Å². The fourth-order valence-electron chi connectivity index (χ4n) is 2.35. The van der Waals surface area contributed by atoms with E-state index in [1.807, 2.05) is 0 Å². The zero-order valence-electron chi connectivity index (χ0n) is 13.8. The van der Waals surface area contributed by atoms with Gasteiger partial charge in [-0.15, -0.1) is 0 Å². The van der Waals surface area contributed by atoms with Gasteiger partial charge in [-0.05, 0) is 36.8 Å². The summed E-state index contributed by atoms with van der Waals surface area (Å²) in [6.07, 6.45) is -3.16. The minimum Gasteiger partial charge on any atom is -0.467 e. The predicted molar refractivity (Wildman–Crippen MR) is 93.1 cm³/mol. The fraction of sp³-hybridized carbons (Fsp3) is 0.353. The van der Waals surface area contributed by atoms with Crippen molar-refractivity contribution in [2.75, 3.05) is 13.1 Å². The van der Waals surface area contributed by atoms with Gasteiger partial charge in [0.1, 0.15) is 12.3 Å². The Bertz CT molecular complexity index is 736. The van der Waals surface area contributed by atoms with Gasteiger partial charge in [0.25, 0.3) is 0 Å². The molecule has 0 saturated carbocycles. The van der Waals surface area contributed by atoms with Gasteiger partial charge in [0.05, 0.1) is 19.4 Å². The van der Waals surface area contributed by atoms with Crippen LogP contribution in [-0.4, -0.2) is 30.1 Å². The van der Waals surface area contributed by atoms with Crippen LogP contribution in [0.1, 0.15) is 24.3 Å². The van der Waals surface area contributed by atoms with Gasteiger partial charge in [0.15, 0.2) is 0 Å². The van der Waals surface area contributed by atoms with Crippen molar-refractivity contribution in [3.05, 3.63) is 58.0 Å². The lowest BCUT2D eigenvalue weighted by molar-refractivity contribution is -0.162. The third kappa shape index (κ3) is 6.23. The minimum atomic E-state index is -4.51. The lowest BCUT2D eigenvalue weighted by atomic mass is 10.1. The SMILES string of the molecule is C[C@@H](NCC(=O)N(Cc1ccco1)CC(F)(F)F)c1ccc(Cl)cc1Cl. The van der Waals surface area contributed by atoms with Gasteiger partial charge < -0.3 is 14.6 Å². The Balaban J connectivity index is 2.01. The van der Waals surface area contributed by atoms with Crippen LogP contribution < -0.4 is 5.32 Å². The molecule has 1 heterocycles. The van der Waals surface area contributed by atoms with E-state index in [9.17, 15) is 18.0 Å². The number of carbonyl (C=O) groups is 1. The third-order valence-corrected chi connectivity index (χ3v) is 4.20. The largest absolute Gasteiger partial charge is 0.467 e. The van der Waals surface area contributed by atoms with Gasteiger partial charge in [-0.25, -0.2) is 0 Å². The van der Waals surface area contributed by atoms with Crippen molar-refractivity contribution < 1.29 is 22.4 Å². The van der Waals surface area contributed by atoms with Crippen molar-refractivity contribution >= 4 is 29.1 Å². The van der Waals surface area contributed by atoms with E-state index in [-0.39, 0.29) is 24.9 Å². The summed E-state index contributed by atoms with van der Waals surface area (Å²) in [7, 11) is 0. The molecular weight excluding hydrogens is 392 g/mol. The molecular formula is C17H17Cl2F3N2O2. The van der Waals surface area contributed by atoms with E-state index < -0.39 is 18.6 Å². The lowest BCUT2D eigenvalue weighted by Crippen LogP contribution is -2.43. The number of rotatable bonds is 7. The highest BCUT2D eigenvalue weighted by molar-refractivity contribution is 6.35. The van der Waals surface area contributed by atoms with Crippen LogP contribution in [0.4, 0.5) is 13.2 Å². The second-order valence-corrected chi connectivity index (χ2v) is 6.56. The van der Waals surface area contributed by atoms with Crippen LogP contribution in [0.2, 0.25) is 10.0 Å². The molecule has 0 aliphatic rings. The average Bonchev–Trinajstić information content (AvgIpc) is 3.03. The van der Waals surface area contributed by atoms with E-state index in [1.54, 1.807) is 31.2 Å². The number of carbonyl (C=O) groups excluding carboxylic acids is 1. The standard InChI is InChI=1S/C17H17Cl2F3N2O2/c1-11(14-5-4-12(18)7-15(14)19)23-8-16(25)24(10-17(20,21)22)9-13-3-2-6-26-13/h2-7,11,23H,8-10H2,1H3/t11-/m1/s1. The predicted octanol–water partition coefficient (Wildman–Crippen LogP) is 4.83. The molecule has 1 N–H and O–H groups in total. The number of halogens is 5. The maximum Gasteiger partial charge on any atom is 0.406 e. The molecule has 0 bridgehead atoms. The Hall–Kier alpha value is -1.70. The molecule has 0 aliphatic carbocycles. The van der Waals surface area contributed by atoms with Crippen molar-refractivity contribution in [1.82, 2.24) is 10.2 Å². The van der Waals surface area contributed by atoms with Gasteiger partial charge in [-0.3, -0.25) is 4.79 Å². The molecule has 1 aromatic heterocycles. The molecule has 26 heavy (non-hydrogen) atoms. The molecule has 1 aromatic carbocycles. The molecule has 1 atom stereocenters. The molecule has 142 valence electrons. The van der Waals surface area contributed by atoms with Crippen LogP contribution in [0, 0.1) is 0 Å². The molecule has 0 radical (unpaired) electrons. The topological polar surface area (TPSA) is 45.5 Å². The van der Waals surface area contributed by atoms with E-state index in [2.05, 4.69) is 5.32 Å². The Labute approximate surface area is 158 Å². The molecule has 0 spiro atoms. The maximum atomic E-state index is 12.8. The summed E-state index contributed by atoms with van der Waals surface area (Å²) in [4.78, 5) is 13.0. The number of hydrogen-bond acceptors (Lipinski definition) is 3. The van der Waals surface area contributed by atoms with Crippen molar-refractivity contribution in [1.29, 1.82) is 0 Å². The number of alkyl halides is 3. The highest BCUT2D eigenvalue weighted by Crippen LogP contribution is 2.26. The Morgan fingerprint density at radius 1 is 1.31 bits per heavy atom. The molecule has 4 nitrogen and oxygen atoms in total. The minimum absolute atomic E-state index is 0.261. The number of amides is 1. The number of hydrogen-bond donors (Lipinski definition) is 1. The summed E-state index contributed by atoms with van der Waals surface area (Å²) in [5.41, 5.74) is 0.692. The number of furan rings is 1. The van der Waals surface area contributed by atoms with Crippen molar-refractivity contribution in [3.8, 4) is 0 Å². The Morgan fingerprint density at radius 3 is 2.62 bits per heavy atom. The normalized spacial score (nSPS) is 12.8. The molecule has 2 aromatic rings. The van der Waals surface area contributed by atoms with Crippen LogP contribution in [0.15, 0.2) is 41.0 Å². The van der Waals surface area contributed by atoms with Crippen molar-refractivity contribution in [2.24, 2.45) is 0 Å². The van der Waals surface area contributed by atoms with Gasteiger partial charge in [-0.2, -0.15) is 13.2 Å². The molecule has 0 aliphatic heterocycles. The van der Waals surface area contributed by atoms with Crippen LogP contribution >= 0.6 is 23.2 Å². The maximum absolute atomic E-state index is 12.8. The first-order chi connectivity index (χ1) is 12.2. The molecule has 2 rings (SSSR count). The van der Waals surface area contributed by atoms with Gasteiger partial charge >= 0.3 is 6.18 Å².